The summed E-state index contributed by atoms with van der Waals surface area (Å²) in [5, 5.41) is 0. The van der Waals surface area contributed by atoms with Gasteiger partial charge in [-0.3, -0.25) is 4.79 Å². The van der Waals surface area contributed by atoms with Crippen LogP contribution in [0.15, 0.2) is 30.3 Å². The van der Waals surface area contributed by atoms with Crippen molar-refractivity contribution in [3.05, 3.63) is 35.9 Å². The zero-order chi connectivity index (χ0) is 13.0. The molecule has 0 aromatic heterocycles. The van der Waals surface area contributed by atoms with Gasteiger partial charge in [-0.15, -0.1) is 12.4 Å². The first-order valence-corrected chi connectivity index (χ1v) is 6.74. The SMILES string of the molecule is CC(N)C1CCN(C(=O)CCc2ccccc2)C1.Cl. The number of benzene rings is 1. The molecule has 1 aliphatic heterocycles. The Morgan fingerprint density at radius 3 is 2.68 bits per heavy atom. The largest absolute Gasteiger partial charge is 0.342 e. The first-order valence-electron chi connectivity index (χ1n) is 6.74. The fourth-order valence-electron chi connectivity index (χ4n) is 2.50. The fraction of sp³-hybridized carbons (Fsp3) is 0.533. The van der Waals surface area contributed by atoms with E-state index in [-0.39, 0.29) is 24.4 Å². The molecule has 1 aromatic carbocycles. The summed E-state index contributed by atoms with van der Waals surface area (Å²) in [4.78, 5) is 14.0. The monoisotopic (exact) mass is 282 g/mol. The van der Waals surface area contributed by atoms with Crippen molar-refractivity contribution in [3.8, 4) is 0 Å². The lowest BCUT2D eigenvalue weighted by molar-refractivity contribution is -0.130. The van der Waals surface area contributed by atoms with E-state index in [1.165, 1.54) is 5.56 Å². The van der Waals surface area contributed by atoms with Crippen LogP contribution in [0.1, 0.15) is 25.3 Å². The number of rotatable bonds is 4. The Morgan fingerprint density at radius 2 is 2.11 bits per heavy atom. The van der Waals surface area contributed by atoms with E-state index in [9.17, 15) is 4.79 Å². The molecule has 2 atom stereocenters. The van der Waals surface area contributed by atoms with Crippen molar-refractivity contribution in [2.45, 2.75) is 32.2 Å². The zero-order valence-electron chi connectivity index (χ0n) is 11.4. The Morgan fingerprint density at radius 1 is 1.42 bits per heavy atom. The van der Waals surface area contributed by atoms with Gasteiger partial charge in [-0.25, -0.2) is 0 Å². The maximum Gasteiger partial charge on any atom is 0.222 e. The highest BCUT2D eigenvalue weighted by Crippen LogP contribution is 2.19. The molecular formula is C15H23ClN2O. The second kappa shape index (κ2) is 7.51. The van der Waals surface area contributed by atoms with Crippen molar-refractivity contribution in [1.82, 2.24) is 4.90 Å². The van der Waals surface area contributed by atoms with E-state index in [1.54, 1.807) is 0 Å². The average molecular weight is 283 g/mol. The highest BCUT2D eigenvalue weighted by Gasteiger charge is 2.27. The molecule has 4 heteroatoms. The molecule has 19 heavy (non-hydrogen) atoms. The van der Waals surface area contributed by atoms with Gasteiger partial charge in [0.1, 0.15) is 0 Å². The van der Waals surface area contributed by atoms with Gasteiger partial charge in [0.15, 0.2) is 0 Å². The molecule has 0 radical (unpaired) electrons. The first kappa shape index (κ1) is 16.0. The molecule has 1 amide bonds. The molecule has 0 bridgehead atoms. The molecular weight excluding hydrogens is 260 g/mol. The Bertz CT molecular complexity index is 394. The van der Waals surface area contributed by atoms with Gasteiger partial charge in [-0.2, -0.15) is 0 Å². The molecule has 0 aliphatic carbocycles. The molecule has 2 N–H and O–H groups in total. The van der Waals surface area contributed by atoms with E-state index < -0.39 is 0 Å². The summed E-state index contributed by atoms with van der Waals surface area (Å²) in [6, 6.07) is 10.4. The number of carbonyl (C=O) groups is 1. The van der Waals surface area contributed by atoms with Gasteiger partial charge in [0.25, 0.3) is 0 Å². The smallest absolute Gasteiger partial charge is 0.222 e. The number of likely N-dealkylation sites (tertiary alicyclic amines) is 1. The van der Waals surface area contributed by atoms with Crippen LogP contribution in [0.5, 0.6) is 0 Å². The average Bonchev–Trinajstić information content (AvgIpc) is 2.87. The van der Waals surface area contributed by atoms with Gasteiger partial charge in [-0.05, 0) is 31.2 Å². The number of hydrogen-bond acceptors (Lipinski definition) is 2. The molecule has 2 rings (SSSR count). The highest BCUT2D eigenvalue weighted by atomic mass is 35.5. The van der Waals surface area contributed by atoms with E-state index in [2.05, 4.69) is 12.1 Å². The van der Waals surface area contributed by atoms with E-state index in [0.717, 1.165) is 25.9 Å². The molecule has 1 aliphatic rings. The molecule has 1 saturated heterocycles. The summed E-state index contributed by atoms with van der Waals surface area (Å²) < 4.78 is 0. The van der Waals surface area contributed by atoms with Crippen LogP contribution < -0.4 is 5.73 Å². The lowest BCUT2D eigenvalue weighted by Crippen LogP contribution is -2.33. The number of halogens is 1. The zero-order valence-corrected chi connectivity index (χ0v) is 12.2. The highest BCUT2D eigenvalue weighted by molar-refractivity contribution is 5.85. The van der Waals surface area contributed by atoms with Crippen LogP contribution in [0.25, 0.3) is 0 Å². The van der Waals surface area contributed by atoms with Gasteiger partial charge in [-0.1, -0.05) is 30.3 Å². The quantitative estimate of drug-likeness (QED) is 0.921. The summed E-state index contributed by atoms with van der Waals surface area (Å²) in [7, 11) is 0. The number of aryl methyl sites for hydroxylation is 1. The third-order valence-electron chi connectivity index (χ3n) is 3.79. The Hall–Kier alpha value is -1.06. The van der Waals surface area contributed by atoms with Gasteiger partial charge >= 0.3 is 0 Å². The molecule has 1 aromatic rings. The normalized spacial score (nSPS) is 19.9. The van der Waals surface area contributed by atoms with Gasteiger partial charge in [0.05, 0.1) is 0 Å². The molecule has 0 spiro atoms. The van der Waals surface area contributed by atoms with Gasteiger partial charge in [0, 0.05) is 25.6 Å². The van der Waals surface area contributed by atoms with Crippen LogP contribution in [0.3, 0.4) is 0 Å². The van der Waals surface area contributed by atoms with Crippen molar-refractivity contribution in [1.29, 1.82) is 0 Å². The maximum absolute atomic E-state index is 12.1. The number of nitrogens with zero attached hydrogens (tertiary/aromatic N) is 1. The topological polar surface area (TPSA) is 46.3 Å². The van der Waals surface area contributed by atoms with Crippen molar-refractivity contribution in [3.63, 3.8) is 0 Å². The third kappa shape index (κ3) is 4.51. The number of hydrogen-bond donors (Lipinski definition) is 1. The molecule has 2 unspecified atom stereocenters. The second-order valence-electron chi connectivity index (χ2n) is 5.23. The van der Waals surface area contributed by atoms with Crippen LogP contribution >= 0.6 is 12.4 Å². The van der Waals surface area contributed by atoms with Gasteiger partial charge in [0.2, 0.25) is 5.91 Å². The predicted octanol–water partition coefficient (Wildman–Crippen LogP) is 2.24. The molecule has 1 fully saturated rings. The van der Waals surface area contributed by atoms with Crippen LogP contribution in [0.2, 0.25) is 0 Å². The van der Waals surface area contributed by atoms with E-state index in [1.807, 2.05) is 30.0 Å². The lowest BCUT2D eigenvalue weighted by Gasteiger charge is -2.18. The van der Waals surface area contributed by atoms with Crippen LogP contribution in [0, 0.1) is 5.92 Å². The minimum absolute atomic E-state index is 0. The van der Waals surface area contributed by atoms with Crippen LogP contribution in [-0.4, -0.2) is 29.9 Å². The summed E-state index contributed by atoms with van der Waals surface area (Å²) in [6.07, 6.45) is 2.49. The maximum atomic E-state index is 12.1. The Kier molecular flexibility index (Phi) is 6.32. The van der Waals surface area contributed by atoms with E-state index in [0.29, 0.717) is 12.3 Å². The Labute approximate surface area is 121 Å². The third-order valence-corrected chi connectivity index (χ3v) is 3.79. The summed E-state index contributed by atoms with van der Waals surface area (Å²) >= 11 is 0. The minimum Gasteiger partial charge on any atom is -0.342 e. The molecule has 1 heterocycles. The van der Waals surface area contributed by atoms with Crippen LogP contribution in [-0.2, 0) is 11.2 Å². The predicted molar refractivity (Wildman–Crippen MR) is 80.3 cm³/mol. The summed E-state index contributed by atoms with van der Waals surface area (Å²) in [5.74, 6) is 0.743. The van der Waals surface area contributed by atoms with Crippen molar-refractivity contribution >= 4 is 18.3 Å². The molecule has 3 nitrogen and oxygen atoms in total. The van der Waals surface area contributed by atoms with Crippen molar-refractivity contribution < 1.29 is 4.79 Å². The van der Waals surface area contributed by atoms with Gasteiger partial charge < -0.3 is 10.6 Å². The number of carbonyl (C=O) groups excluding carboxylic acids is 1. The molecule has 0 saturated carbocycles. The molecule has 106 valence electrons. The Balaban J connectivity index is 0.00000180. The summed E-state index contributed by atoms with van der Waals surface area (Å²) in [5.41, 5.74) is 7.12. The van der Waals surface area contributed by atoms with E-state index >= 15 is 0 Å². The van der Waals surface area contributed by atoms with Crippen LogP contribution in [0.4, 0.5) is 0 Å². The van der Waals surface area contributed by atoms with E-state index in [4.69, 9.17) is 5.73 Å². The van der Waals surface area contributed by atoms with Crippen molar-refractivity contribution in [2.75, 3.05) is 13.1 Å². The first-order chi connectivity index (χ1) is 8.66. The fourth-order valence-corrected chi connectivity index (χ4v) is 2.50. The summed E-state index contributed by atoms with van der Waals surface area (Å²) in [6.45, 7) is 3.74. The minimum atomic E-state index is 0. The van der Waals surface area contributed by atoms with Crippen molar-refractivity contribution in [2.24, 2.45) is 11.7 Å². The number of nitrogens with two attached hydrogens (primary N) is 1. The number of amides is 1. The second-order valence-corrected chi connectivity index (χ2v) is 5.23. The lowest BCUT2D eigenvalue weighted by atomic mass is 10.0. The standard InChI is InChI=1S/C15H22N2O.ClH/c1-12(16)14-9-10-17(11-14)15(18)8-7-13-5-3-2-4-6-13;/h2-6,12,14H,7-11,16H2,1H3;1H.